The van der Waals surface area contributed by atoms with Crippen molar-refractivity contribution in [2.45, 2.75) is 19.5 Å². The van der Waals surface area contributed by atoms with Crippen LogP contribution in [0.5, 0.6) is 0 Å². The summed E-state index contributed by atoms with van der Waals surface area (Å²) >= 11 is 0. The third kappa shape index (κ3) is 4.77. The number of hydrogen-bond donors (Lipinski definition) is 1. The van der Waals surface area contributed by atoms with Crippen LogP contribution in [0.3, 0.4) is 0 Å². The molecule has 1 aliphatic carbocycles. The summed E-state index contributed by atoms with van der Waals surface area (Å²) in [5.41, 5.74) is -1.61. The third-order valence-electron chi connectivity index (χ3n) is 5.33. The molecule has 1 saturated heterocycles. The van der Waals surface area contributed by atoms with Crippen molar-refractivity contribution < 1.29 is 27.7 Å². The summed E-state index contributed by atoms with van der Waals surface area (Å²) in [6.45, 7) is 2.85. The van der Waals surface area contributed by atoms with Gasteiger partial charge in [0.15, 0.2) is 0 Å². The Morgan fingerprint density at radius 2 is 1.86 bits per heavy atom. The topological polar surface area (TPSA) is 95.8 Å². The quantitative estimate of drug-likeness (QED) is 0.588. The highest BCUT2D eigenvalue weighted by molar-refractivity contribution is 5.87. The second kappa shape index (κ2) is 7.88. The van der Waals surface area contributed by atoms with Crippen molar-refractivity contribution in [1.29, 1.82) is 0 Å². The molecule has 0 aromatic heterocycles. The van der Waals surface area contributed by atoms with E-state index in [4.69, 9.17) is 0 Å². The number of nitro benzene ring substituents is 1. The molecule has 1 aromatic carbocycles. The Kier molecular flexibility index (Phi) is 5.67. The minimum atomic E-state index is -4.67. The SMILES string of the molecule is C[C@@H]1C[C@@H]1C(=O)NCC(=O)N1CCN(c2ccc(C(F)(F)F)cc2[N+](=O)[O-])CC1. The number of hydrogen-bond acceptors (Lipinski definition) is 5. The van der Waals surface area contributed by atoms with Crippen molar-refractivity contribution in [2.75, 3.05) is 37.6 Å². The largest absolute Gasteiger partial charge is 0.416 e. The normalized spacial score (nSPS) is 21.7. The van der Waals surface area contributed by atoms with Crippen LogP contribution in [0.25, 0.3) is 0 Å². The molecule has 1 N–H and O–H groups in total. The van der Waals surface area contributed by atoms with E-state index in [1.807, 2.05) is 6.92 Å². The third-order valence-corrected chi connectivity index (χ3v) is 5.33. The van der Waals surface area contributed by atoms with Gasteiger partial charge in [0, 0.05) is 38.2 Å². The Bertz CT molecular complexity index is 822. The maximum atomic E-state index is 12.8. The van der Waals surface area contributed by atoms with Crippen LogP contribution in [-0.4, -0.2) is 54.4 Å². The first-order valence-electron chi connectivity index (χ1n) is 9.24. The molecule has 0 unspecified atom stereocenters. The lowest BCUT2D eigenvalue weighted by Crippen LogP contribution is -2.51. The molecule has 2 amide bonds. The van der Waals surface area contributed by atoms with Gasteiger partial charge in [-0.05, 0) is 24.5 Å². The highest BCUT2D eigenvalue weighted by Gasteiger charge is 2.39. The second-order valence-corrected chi connectivity index (χ2v) is 7.36. The first-order chi connectivity index (χ1) is 13.6. The Hall–Kier alpha value is -2.85. The lowest BCUT2D eigenvalue weighted by molar-refractivity contribution is -0.384. The molecule has 29 heavy (non-hydrogen) atoms. The number of halogens is 3. The van der Waals surface area contributed by atoms with Crippen molar-refractivity contribution in [2.24, 2.45) is 11.8 Å². The Morgan fingerprint density at radius 3 is 2.38 bits per heavy atom. The van der Waals surface area contributed by atoms with Crippen LogP contribution in [0.1, 0.15) is 18.9 Å². The lowest BCUT2D eigenvalue weighted by atomic mass is 10.1. The summed E-state index contributed by atoms with van der Waals surface area (Å²) in [6.07, 6.45) is -3.85. The molecule has 3 rings (SSSR count). The first kappa shape index (κ1) is 20.9. The van der Waals surface area contributed by atoms with E-state index in [1.54, 1.807) is 4.90 Å². The number of nitrogens with one attached hydrogen (secondary N) is 1. The Labute approximate surface area is 164 Å². The average molecular weight is 414 g/mol. The molecule has 1 heterocycles. The predicted octanol–water partition coefficient (Wildman–Crippen LogP) is 2.03. The molecule has 2 atom stereocenters. The van der Waals surface area contributed by atoms with Gasteiger partial charge < -0.3 is 15.1 Å². The molecular weight excluding hydrogens is 393 g/mol. The van der Waals surface area contributed by atoms with E-state index in [-0.39, 0.29) is 56.1 Å². The number of rotatable bonds is 5. The van der Waals surface area contributed by atoms with Crippen molar-refractivity contribution in [1.82, 2.24) is 10.2 Å². The zero-order valence-electron chi connectivity index (χ0n) is 15.7. The number of amides is 2. The van der Waals surface area contributed by atoms with E-state index >= 15 is 0 Å². The van der Waals surface area contributed by atoms with Gasteiger partial charge in [0.25, 0.3) is 5.69 Å². The van der Waals surface area contributed by atoms with E-state index in [9.17, 15) is 32.9 Å². The molecule has 158 valence electrons. The highest BCUT2D eigenvalue weighted by atomic mass is 19.4. The molecule has 8 nitrogen and oxygen atoms in total. The molecule has 0 radical (unpaired) electrons. The number of piperazine rings is 1. The first-order valence-corrected chi connectivity index (χ1v) is 9.24. The Morgan fingerprint density at radius 1 is 1.24 bits per heavy atom. The maximum absolute atomic E-state index is 12.8. The van der Waals surface area contributed by atoms with Crippen LogP contribution in [-0.2, 0) is 15.8 Å². The van der Waals surface area contributed by atoms with E-state index in [0.29, 0.717) is 12.0 Å². The minimum Gasteiger partial charge on any atom is -0.362 e. The summed E-state index contributed by atoms with van der Waals surface area (Å²) in [5.74, 6) is -0.0777. The lowest BCUT2D eigenvalue weighted by Gasteiger charge is -2.36. The van der Waals surface area contributed by atoms with Crippen LogP contribution in [0.4, 0.5) is 24.5 Å². The number of carbonyl (C=O) groups is 2. The summed E-state index contributed by atoms with van der Waals surface area (Å²) in [4.78, 5) is 37.6. The number of anilines is 1. The molecule has 1 aromatic rings. The van der Waals surface area contributed by atoms with E-state index in [1.165, 1.54) is 4.90 Å². The van der Waals surface area contributed by atoms with Crippen molar-refractivity contribution in [3.8, 4) is 0 Å². The van der Waals surface area contributed by atoms with Crippen LogP contribution in [0.15, 0.2) is 18.2 Å². The fourth-order valence-corrected chi connectivity index (χ4v) is 3.40. The molecule has 1 saturated carbocycles. The Balaban J connectivity index is 1.59. The number of carbonyl (C=O) groups excluding carboxylic acids is 2. The van der Waals surface area contributed by atoms with Gasteiger partial charge >= 0.3 is 6.18 Å². The van der Waals surface area contributed by atoms with Gasteiger partial charge in [-0.2, -0.15) is 13.2 Å². The van der Waals surface area contributed by atoms with Crippen LogP contribution >= 0.6 is 0 Å². The predicted molar refractivity (Wildman–Crippen MR) is 97.2 cm³/mol. The fourth-order valence-electron chi connectivity index (χ4n) is 3.40. The number of nitro groups is 1. The van der Waals surface area contributed by atoms with Crippen molar-refractivity contribution in [3.05, 3.63) is 33.9 Å². The van der Waals surface area contributed by atoms with Gasteiger partial charge in [-0.3, -0.25) is 19.7 Å². The standard InChI is InChI=1S/C18H21F3N4O4/c1-11-8-13(11)17(27)22-10-16(26)24-6-4-23(5-7-24)14-3-2-12(18(19,20)21)9-15(14)25(28)29/h2-3,9,11,13H,4-8,10H2,1H3,(H,22,27)/t11-,13+/m1/s1. The van der Waals surface area contributed by atoms with Crippen molar-refractivity contribution >= 4 is 23.2 Å². The van der Waals surface area contributed by atoms with Gasteiger partial charge in [-0.15, -0.1) is 0 Å². The van der Waals surface area contributed by atoms with Gasteiger partial charge in [0.2, 0.25) is 11.8 Å². The molecule has 0 bridgehead atoms. The minimum absolute atomic E-state index is 0.0279. The molecular formula is C18H21F3N4O4. The van der Waals surface area contributed by atoms with E-state index in [0.717, 1.165) is 18.6 Å². The summed E-state index contributed by atoms with van der Waals surface area (Å²) < 4.78 is 38.5. The van der Waals surface area contributed by atoms with Crippen LogP contribution in [0.2, 0.25) is 0 Å². The van der Waals surface area contributed by atoms with Crippen molar-refractivity contribution in [3.63, 3.8) is 0 Å². The summed E-state index contributed by atoms with van der Waals surface area (Å²) in [7, 11) is 0. The number of nitrogens with zero attached hydrogens (tertiary/aromatic N) is 3. The monoisotopic (exact) mass is 414 g/mol. The fraction of sp³-hybridized carbons (Fsp3) is 0.556. The highest BCUT2D eigenvalue weighted by Crippen LogP contribution is 2.38. The summed E-state index contributed by atoms with van der Waals surface area (Å²) in [5, 5.41) is 13.9. The average Bonchev–Trinajstić information content (AvgIpc) is 3.41. The molecule has 11 heteroatoms. The van der Waals surface area contributed by atoms with Crippen LogP contribution < -0.4 is 10.2 Å². The zero-order valence-corrected chi connectivity index (χ0v) is 15.7. The maximum Gasteiger partial charge on any atom is 0.416 e. The number of alkyl halides is 3. The van der Waals surface area contributed by atoms with Crippen LogP contribution in [0, 0.1) is 22.0 Å². The second-order valence-electron chi connectivity index (χ2n) is 7.36. The van der Waals surface area contributed by atoms with E-state index < -0.39 is 22.4 Å². The van der Waals surface area contributed by atoms with Gasteiger partial charge in [0.05, 0.1) is 17.0 Å². The summed E-state index contributed by atoms with van der Waals surface area (Å²) in [6, 6.07) is 2.44. The zero-order chi connectivity index (χ0) is 21.3. The smallest absolute Gasteiger partial charge is 0.362 e. The molecule has 2 aliphatic rings. The molecule has 2 fully saturated rings. The van der Waals surface area contributed by atoms with Gasteiger partial charge in [-0.1, -0.05) is 6.92 Å². The molecule has 0 spiro atoms. The van der Waals surface area contributed by atoms with Gasteiger partial charge in [-0.25, -0.2) is 0 Å². The van der Waals surface area contributed by atoms with E-state index in [2.05, 4.69) is 5.32 Å². The van der Waals surface area contributed by atoms with Gasteiger partial charge in [0.1, 0.15) is 5.69 Å². The molecule has 1 aliphatic heterocycles. The number of benzene rings is 1.